The normalized spacial score (nSPS) is 24.6. The van der Waals surface area contributed by atoms with Gasteiger partial charge in [-0.3, -0.25) is 9.88 Å². The van der Waals surface area contributed by atoms with Crippen LogP contribution in [0.25, 0.3) is 0 Å². The molecule has 0 saturated heterocycles. The Labute approximate surface area is 153 Å². The number of rotatable bonds is 3. The van der Waals surface area contributed by atoms with E-state index in [9.17, 15) is 15.8 Å². The second-order valence-corrected chi connectivity index (χ2v) is 6.72. The molecule has 0 bridgehead atoms. The maximum Gasteiger partial charge on any atom is 0.191 e. The van der Waals surface area contributed by atoms with E-state index in [1.807, 2.05) is 18.2 Å². The van der Waals surface area contributed by atoms with Crippen LogP contribution >= 0.6 is 0 Å². The number of hydrogen-bond acceptors (Lipinski definition) is 6. The number of nitrogens with two attached hydrogens (primary N) is 1. The molecular formula is C20H20N6. The Hall–Kier alpha value is -3.14. The van der Waals surface area contributed by atoms with Crippen LogP contribution in [0.3, 0.4) is 0 Å². The van der Waals surface area contributed by atoms with E-state index in [2.05, 4.69) is 35.0 Å². The number of fused-ring (bicyclic) bond motifs is 1. The predicted molar refractivity (Wildman–Crippen MR) is 95.8 cm³/mol. The molecule has 1 aromatic rings. The molecule has 2 atom stereocenters. The smallest absolute Gasteiger partial charge is 0.191 e. The minimum absolute atomic E-state index is 0.0678. The third-order valence-electron chi connectivity index (χ3n) is 5.35. The Morgan fingerprint density at radius 2 is 1.96 bits per heavy atom. The quantitative estimate of drug-likeness (QED) is 0.899. The van der Waals surface area contributed by atoms with Gasteiger partial charge in [-0.25, -0.2) is 0 Å². The number of allylic oxidation sites excluding steroid dienone is 2. The van der Waals surface area contributed by atoms with Crippen LogP contribution in [-0.2, 0) is 0 Å². The van der Waals surface area contributed by atoms with Gasteiger partial charge >= 0.3 is 0 Å². The third kappa shape index (κ3) is 2.54. The highest BCUT2D eigenvalue weighted by molar-refractivity contribution is 5.59. The van der Waals surface area contributed by atoms with Crippen LogP contribution in [0, 0.1) is 45.3 Å². The lowest BCUT2D eigenvalue weighted by Crippen LogP contribution is -2.48. The minimum atomic E-state index is -1.57. The molecule has 0 aromatic carbocycles. The number of nitriles is 3. The molecule has 0 spiro atoms. The van der Waals surface area contributed by atoms with Gasteiger partial charge in [-0.1, -0.05) is 13.0 Å². The molecule has 0 saturated carbocycles. The molecule has 6 heteroatoms. The third-order valence-corrected chi connectivity index (χ3v) is 5.35. The lowest BCUT2D eigenvalue weighted by Gasteiger charge is -2.45. The van der Waals surface area contributed by atoms with Crippen LogP contribution in [0.2, 0.25) is 0 Å². The van der Waals surface area contributed by atoms with E-state index in [0.717, 1.165) is 30.6 Å². The second-order valence-electron chi connectivity index (χ2n) is 6.72. The minimum Gasteiger partial charge on any atom is -0.399 e. The molecule has 0 unspecified atom stereocenters. The van der Waals surface area contributed by atoms with Crippen molar-refractivity contribution in [3.05, 3.63) is 53.0 Å². The van der Waals surface area contributed by atoms with Crippen molar-refractivity contribution in [2.24, 2.45) is 17.1 Å². The summed E-state index contributed by atoms with van der Waals surface area (Å²) in [5.41, 5.74) is 6.76. The summed E-state index contributed by atoms with van der Waals surface area (Å²) in [7, 11) is 0. The van der Waals surface area contributed by atoms with Gasteiger partial charge in [0.25, 0.3) is 0 Å². The van der Waals surface area contributed by atoms with Gasteiger partial charge in [0, 0.05) is 37.3 Å². The molecule has 26 heavy (non-hydrogen) atoms. The van der Waals surface area contributed by atoms with E-state index in [1.54, 1.807) is 12.4 Å². The monoisotopic (exact) mass is 344 g/mol. The second kappa shape index (κ2) is 7.00. The van der Waals surface area contributed by atoms with E-state index in [0.29, 0.717) is 12.1 Å². The summed E-state index contributed by atoms with van der Waals surface area (Å²) >= 11 is 0. The zero-order valence-corrected chi connectivity index (χ0v) is 14.7. The summed E-state index contributed by atoms with van der Waals surface area (Å²) in [6, 6.07) is 10.1. The average Bonchev–Trinajstić information content (AvgIpc) is 2.68. The average molecular weight is 344 g/mol. The van der Waals surface area contributed by atoms with Crippen LogP contribution < -0.4 is 5.73 Å². The summed E-state index contributed by atoms with van der Waals surface area (Å²) in [6.07, 6.45) is 6.36. The molecule has 3 rings (SSSR count). The zero-order chi connectivity index (χ0) is 18.7. The van der Waals surface area contributed by atoms with Crippen LogP contribution in [0.5, 0.6) is 0 Å². The van der Waals surface area contributed by atoms with Crippen molar-refractivity contribution in [1.82, 2.24) is 9.88 Å². The molecule has 2 N–H and O–H groups in total. The molecule has 0 amide bonds. The van der Waals surface area contributed by atoms with Gasteiger partial charge in [0.1, 0.15) is 6.07 Å². The number of pyridine rings is 1. The number of nitrogens with zero attached hydrogens (tertiary/aromatic N) is 5. The van der Waals surface area contributed by atoms with Crippen molar-refractivity contribution in [3.8, 4) is 18.2 Å². The summed E-state index contributed by atoms with van der Waals surface area (Å²) in [4.78, 5) is 6.34. The van der Waals surface area contributed by atoms with E-state index < -0.39 is 11.3 Å². The van der Waals surface area contributed by atoms with Gasteiger partial charge in [0.15, 0.2) is 5.41 Å². The van der Waals surface area contributed by atoms with E-state index in [4.69, 9.17) is 5.73 Å². The maximum absolute atomic E-state index is 9.97. The lowest BCUT2D eigenvalue weighted by atomic mass is 9.58. The summed E-state index contributed by atoms with van der Waals surface area (Å²) in [6.45, 7) is 4.48. The van der Waals surface area contributed by atoms with E-state index >= 15 is 0 Å². The Bertz CT molecular complexity index is 864. The Morgan fingerprint density at radius 3 is 2.54 bits per heavy atom. The largest absolute Gasteiger partial charge is 0.399 e. The van der Waals surface area contributed by atoms with Crippen molar-refractivity contribution in [1.29, 1.82) is 15.8 Å². The van der Waals surface area contributed by atoms with Gasteiger partial charge in [-0.2, -0.15) is 15.8 Å². The van der Waals surface area contributed by atoms with Gasteiger partial charge in [-0.15, -0.1) is 0 Å². The van der Waals surface area contributed by atoms with Crippen LogP contribution in [-0.4, -0.2) is 29.5 Å². The van der Waals surface area contributed by atoms with Gasteiger partial charge in [-0.05, 0) is 36.2 Å². The molecule has 6 nitrogen and oxygen atoms in total. The fourth-order valence-electron chi connectivity index (χ4n) is 4.19. The maximum atomic E-state index is 9.97. The molecule has 1 aromatic heterocycles. The first-order valence-electron chi connectivity index (χ1n) is 8.68. The van der Waals surface area contributed by atoms with Gasteiger partial charge < -0.3 is 5.73 Å². The topological polar surface area (TPSA) is 114 Å². The molecule has 130 valence electrons. The first-order valence-corrected chi connectivity index (χ1v) is 8.68. The van der Waals surface area contributed by atoms with Crippen molar-refractivity contribution in [2.45, 2.75) is 19.3 Å². The number of aromatic nitrogens is 1. The summed E-state index contributed by atoms with van der Waals surface area (Å²) in [5.74, 6) is -0.581. The first kappa shape index (κ1) is 17.7. The number of hydrogen-bond donors (Lipinski definition) is 1. The SMILES string of the molecule is CCCN1CC=C2C(C#N)=C(N)C(C#N)(C#N)[C@H](c3ccncc3)[C@@H]2C1. The first-order chi connectivity index (χ1) is 12.6. The van der Waals surface area contributed by atoms with Crippen molar-refractivity contribution >= 4 is 0 Å². The van der Waals surface area contributed by atoms with Crippen molar-refractivity contribution in [3.63, 3.8) is 0 Å². The van der Waals surface area contributed by atoms with E-state index in [1.165, 1.54) is 0 Å². The molecule has 2 heterocycles. The van der Waals surface area contributed by atoms with Crippen molar-refractivity contribution < 1.29 is 0 Å². The summed E-state index contributed by atoms with van der Waals surface area (Å²) in [5, 5.41) is 29.6. The highest BCUT2D eigenvalue weighted by Crippen LogP contribution is 2.53. The van der Waals surface area contributed by atoms with Crippen LogP contribution in [0.15, 0.2) is 47.4 Å². The van der Waals surface area contributed by atoms with E-state index in [-0.39, 0.29) is 11.6 Å². The highest BCUT2D eigenvalue weighted by atomic mass is 15.1. The Kier molecular flexibility index (Phi) is 4.76. The molecule has 0 radical (unpaired) electrons. The van der Waals surface area contributed by atoms with Gasteiger partial charge in [0.05, 0.1) is 23.4 Å². The van der Waals surface area contributed by atoms with Crippen molar-refractivity contribution in [2.75, 3.05) is 19.6 Å². The highest BCUT2D eigenvalue weighted by Gasteiger charge is 2.54. The lowest BCUT2D eigenvalue weighted by molar-refractivity contribution is 0.207. The standard InChI is InChI=1S/C20H20N6/c1-2-8-26-9-5-15-16(10-21)19(24)20(12-22,13-23)18(17(15)11-26)14-3-6-25-7-4-14/h3-7,17-18H,2,8-9,11,24H2,1H3/t17-,18-/m1/s1. The molecule has 2 aliphatic rings. The molecule has 0 fully saturated rings. The molecule has 1 aliphatic heterocycles. The van der Waals surface area contributed by atoms with Crippen LogP contribution in [0.4, 0.5) is 0 Å². The summed E-state index contributed by atoms with van der Waals surface area (Å²) < 4.78 is 0. The zero-order valence-electron chi connectivity index (χ0n) is 14.7. The predicted octanol–water partition coefficient (Wildman–Crippen LogP) is 2.22. The van der Waals surface area contributed by atoms with Gasteiger partial charge in [0.2, 0.25) is 0 Å². The molecule has 1 aliphatic carbocycles. The Morgan fingerprint density at radius 1 is 1.27 bits per heavy atom. The fraction of sp³-hybridized carbons (Fsp3) is 0.400. The van der Waals surface area contributed by atoms with Crippen LogP contribution in [0.1, 0.15) is 24.8 Å². The fourth-order valence-corrected chi connectivity index (χ4v) is 4.19. The molecular weight excluding hydrogens is 324 g/mol. The Balaban J connectivity index is 2.26.